The van der Waals surface area contributed by atoms with Crippen LogP contribution in [0.3, 0.4) is 0 Å². The van der Waals surface area contributed by atoms with Gasteiger partial charge in [-0.2, -0.15) is 0 Å². The SMILES string of the molecule is CC(C)(C)c1nc2cccc(S(=O)C(C)(C)C)c2c(=O)[nH]1. The van der Waals surface area contributed by atoms with Gasteiger partial charge in [0, 0.05) is 10.2 Å². The van der Waals surface area contributed by atoms with E-state index in [1.165, 1.54) is 0 Å². The molecule has 1 unspecified atom stereocenters. The Balaban J connectivity index is 2.79. The fraction of sp³-hybridized carbons (Fsp3) is 0.500. The van der Waals surface area contributed by atoms with E-state index in [1.54, 1.807) is 18.2 Å². The first-order chi connectivity index (χ1) is 9.51. The molecule has 114 valence electrons. The molecule has 0 spiro atoms. The molecule has 0 saturated carbocycles. The van der Waals surface area contributed by atoms with Gasteiger partial charge in [0.2, 0.25) is 0 Å². The van der Waals surface area contributed by atoms with E-state index in [4.69, 9.17) is 0 Å². The molecule has 0 radical (unpaired) electrons. The smallest absolute Gasteiger partial charge is 0.260 e. The molecule has 2 rings (SSSR count). The van der Waals surface area contributed by atoms with Gasteiger partial charge in [-0.3, -0.25) is 9.00 Å². The third-order valence-electron chi connectivity index (χ3n) is 3.16. The molecule has 0 aliphatic rings. The molecule has 0 fully saturated rings. The summed E-state index contributed by atoms with van der Waals surface area (Å²) in [6.45, 7) is 11.7. The minimum atomic E-state index is -1.27. The fourth-order valence-corrected chi connectivity index (χ4v) is 3.24. The molecule has 0 saturated heterocycles. The van der Waals surface area contributed by atoms with Crippen LogP contribution in [0.15, 0.2) is 27.9 Å². The van der Waals surface area contributed by atoms with Crippen molar-refractivity contribution in [1.82, 2.24) is 9.97 Å². The summed E-state index contributed by atoms with van der Waals surface area (Å²) in [7, 11) is -1.27. The number of nitrogens with zero attached hydrogens (tertiary/aromatic N) is 1. The average Bonchev–Trinajstić information content (AvgIpc) is 2.34. The monoisotopic (exact) mass is 306 g/mol. The number of nitrogens with one attached hydrogen (secondary N) is 1. The van der Waals surface area contributed by atoms with E-state index in [0.717, 1.165) is 0 Å². The van der Waals surface area contributed by atoms with Crippen LogP contribution in [0.2, 0.25) is 0 Å². The first kappa shape index (κ1) is 15.9. The molecule has 2 aromatic rings. The Labute approximate surface area is 127 Å². The van der Waals surface area contributed by atoms with Crippen molar-refractivity contribution in [3.8, 4) is 0 Å². The highest BCUT2D eigenvalue weighted by atomic mass is 32.2. The second kappa shape index (κ2) is 5.05. The highest BCUT2D eigenvalue weighted by molar-refractivity contribution is 7.86. The molecule has 0 bridgehead atoms. The molecule has 0 aliphatic heterocycles. The van der Waals surface area contributed by atoms with Gasteiger partial charge in [-0.25, -0.2) is 4.98 Å². The van der Waals surface area contributed by atoms with Crippen molar-refractivity contribution in [2.24, 2.45) is 0 Å². The van der Waals surface area contributed by atoms with Crippen molar-refractivity contribution < 1.29 is 4.21 Å². The van der Waals surface area contributed by atoms with Crippen LogP contribution in [0.25, 0.3) is 10.9 Å². The van der Waals surface area contributed by atoms with Crippen LogP contribution in [-0.4, -0.2) is 18.9 Å². The van der Waals surface area contributed by atoms with Crippen LogP contribution in [0.4, 0.5) is 0 Å². The summed E-state index contributed by atoms with van der Waals surface area (Å²) in [6.07, 6.45) is 0. The Bertz CT molecular complexity index is 764. The summed E-state index contributed by atoms with van der Waals surface area (Å²) in [5.41, 5.74) is 0.129. The number of aromatic nitrogens is 2. The molecule has 1 heterocycles. The third kappa shape index (κ3) is 3.07. The van der Waals surface area contributed by atoms with Gasteiger partial charge in [0.15, 0.2) is 0 Å². The maximum atomic E-state index is 12.6. The lowest BCUT2D eigenvalue weighted by molar-refractivity contribution is 0.546. The molecule has 5 heteroatoms. The highest BCUT2D eigenvalue weighted by Crippen LogP contribution is 2.26. The summed E-state index contributed by atoms with van der Waals surface area (Å²) < 4.78 is 12.2. The van der Waals surface area contributed by atoms with E-state index in [2.05, 4.69) is 9.97 Å². The van der Waals surface area contributed by atoms with Crippen LogP contribution in [0.1, 0.15) is 47.4 Å². The zero-order valence-electron chi connectivity index (χ0n) is 13.4. The van der Waals surface area contributed by atoms with Crippen LogP contribution in [-0.2, 0) is 16.2 Å². The first-order valence-corrected chi connectivity index (χ1v) is 8.12. The predicted octanol–water partition coefficient (Wildman–Crippen LogP) is 3.13. The molecule has 0 aliphatic carbocycles. The highest BCUT2D eigenvalue weighted by Gasteiger charge is 2.25. The largest absolute Gasteiger partial charge is 0.310 e. The summed E-state index contributed by atoms with van der Waals surface area (Å²) in [6, 6.07) is 5.35. The molecule has 1 atom stereocenters. The Hall–Kier alpha value is -1.49. The van der Waals surface area contributed by atoms with E-state index in [1.807, 2.05) is 41.5 Å². The Morgan fingerprint density at radius 2 is 1.71 bits per heavy atom. The standard InChI is InChI=1S/C16H22N2O2S/c1-15(2,3)14-17-10-8-7-9-11(12(10)13(19)18-14)21(20)16(4,5)6/h7-9H,1-6H3,(H,17,18,19). The average molecular weight is 306 g/mol. The number of fused-ring (bicyclic) bond motifs is 1. The summed E-state index contributed by atoms with van der Waals surface area (Å²) in [5, 5.41) is 0.429. The van der Waals surface area contributed by atoms with E-state index in [0.29, 0.717) is 21.6 Å². The number of aromatic amines is 1. The maximum Gasteiger partial charge on any atom is 0.260 e. The maximum absolute atomic E-state index is 12.6. The minimum Gasteiger partial charge on any atom is -0.310 e. The molecule has 4 nitrogen and oxygen atoms in total. The third-order valence-corrected chi connectivity index (χ3v) is 5.01. The van der Waals surface area contributed by atoms with Gasteiger partial charge < -0.3 is 4.98 Å². The fourth-order valence-electron chi connectivity index (χ4n) is 2.00. The number of rotatable bonds is 1. The second-order valence-corrected chi connectivity index (χ2v) is 9.40. The molecule has 1 aromatic carbocycles. The van der Waals surface area contributed by atoms with Crippen molar-refractivity contribution in [3.05, 3.63) is 34.4 Å². The van der Waals surface area contributed by atoms with E-state index in [-0.39, 0.29) is 11.0 Å². The quantitative estimate of drug-likeness (QED) is 0.880. The van der Waals surface area contributed by atoms with Gasteiger partial charge in [-0.1, -0.05) is 26.8 Å². The number of hydrogen-bond donors (Lipinski definition) is 1. The van der Waals surface area contributed by atoms with Gasteiger partial charge in [0.05, 0.1) is 26.6 Å². The minimum absolute atomic E-state index is 0.224. The van der Waals surface area contributed by atoms with E-state index >= 15 is 0 Å². The van der Waals surface area contributed by atoms with Gasteiger partial charge in [0.25, 0.3) is 5.56 Å². The molecular formula is C16H22N2O2S. The Morgan fingerprint density at radius 1 is 1.10 bits per heavy atom. The van der Waals surface area contributed by atoms with Crippen molar-refractivity contribution in [2.45, 2.75) is 56.6 Å². The lowest BCUT2D eigenvalue weighted by atomic mass is 9.95. The van der Waals surface area contributed by atoms with Crippen molar-refractivity contribution >= 4 is 21.7 Å². The van der Waals surface area contributed by atoms with Crippen LogP contribution >= 0.6 is 0 Å². The Kier molecular flexibility index (Phi) is 3.82. The summed E-state index contributed by atoms with van der Waals surface area (Å²) in [4.78, 5) is 20.4. The number of H-pyrrole nitrogens is 1. The zero-order chi connectivity index (χ0) is 16.0. The topological polar surface area (TPSA) is 62.8 Å². The predicted molar refractivity (Wildman–Crippen MR) is 87.2 cm³/mol. The second-order valence-electron chi connectivity index (χ2n) is 7.20. The van der Waals surface area contributed by atoms with Crippen molar-refractivity contribution in [3.63, 3.8) is 0 Å². The van der Waals surface area contributed by atoms with Gasteiger partial charge in [0.1, 0.15) is 5.82 Å². The normalized spacial score (nSPS) is 14.4. The van der Waals surface area contributed by atoms with Gasteiger partial charge in [-0.15, -0.1) is 0 Å². The molecule has 1 aromatic heterocycles. The van der Waals surface area contributed by atoms with Crippen LogP contribution in [0.5, 0.6) is 0 Å². The molecular weight excluding hydrogens is 284 g/mol. The molecule has 1 N–H and O–H groups in total. The number of benzene rings is 1. The number of hydrogen-bond acceptors (Lipinski definition) is 3. The summed E-state index contributed by atoms with van der Waals surface area (Å²) in [5.74, 6) is 0.638. The van der Waals surface area contributed by atoms with E-state index < -0.39 is 15.5 Å². The molecule has 21 heavy (non-hydrogen) atoms. The lowest BCUT2D eigenvalue weighted by Gasteiger charge is -2.20. The first-order valence-electron chi connectivity index (χ1n) is 6.97. The van der Waals surface area contributed by atoms with Crippen LogP contribution in [0, 0.1) is 0 Å². The molecule has 0 amide bonds. The summed E-state index contributed by atoms with van der Waals surface area (Å²) >= 11 is 0. The zero-order valence-corrected chi connectivity index (χ0v) is 14.2. The van der Waals surface area contributed by atoms with E-state index in [9.17, 15) is 9.00 Å². The van der Waals surface area contributed by atoms with Crippen molar-refractivity contribution in [1.29, 1.82) is 0 Å². The van der Waals surface area contributed by atoms with Gasteiger partial charge in [-0.05, 0) is 32.9 Å². The Morgan fingerprint density at radius 3 is 2.24 bits per heavy atom. The van der Waals surface area contributed by atoms with Gasteiger partial charge >= 0.3 is 0 Å². The lowest BCUT2D eigenvalue weighted by Crippen LogP contribution is -2.25. The van der Waals surface area contributed by atoms with Crippen molar-refractivity contribution in [2.75, 3.05) is 0 Å². The van der Waals surface area contributed by atoms with Crippen LogP contribution < -0.4 is 5.56 Å².